The monoisotopic (exact) mass is 396 g/mol. The molecule has 0 spiro atoms. The second-order valence-corrected chi connectivity index (χ2v) is 9.96. The number of rotatable bonds is 12. The molecule has 28 heavy (non-hydrogen) atoms. The van der Waals surface area contributed by atoms with Gasteiger partial charge in [-0.15, -0.1) is 0 Å². The van der Waals surface area contributed by atoms with Gasteiger partial charge in [-0.1, -0.05) is 54.4 Å². The fourth-order valence-corrected chi connectivity index (χ4v) is 3.65. The molecule has 2 unspecified atom stereocenters. The third-order valence-electron chi connectivity index (χ3n) is 5.89. The summed E-state index contributed by atoms with van der Waals surface area (Å²) in [7, 11) is 0. The van der Waals surface area contributed by atoms with E-state index in [0.29, 0.717) is 36.9 Å². The minimum atomic E-state index is -0.0782. The summed E-state index contributed by atoms with van der Waals surface area (Å²) in [6.45, 7) is 14.2. The van der Waals surface area contributed by atoms with Crippen LogP contribution in [-0.4, -0.2) is 25.2 Å². The molecule has 1 aliphatic rings. The Morgan fingerprint density at radius 1 is 0.643 bits per heavy atom. The van der Waals surface area contributed by atoms with Gasteiger partial charge in [0.1, 0.15) is 0 Å². The van der Waals surface area contributed by atoms with Crippen molar-refractivity contribution in [2.75, 3.05) is 13.2 Å². The Morgan fingerprint density at radius 2 is 0.964 bits per heavy atom. The highest BCUT2D eigenvalue weighted by Crippen LogP contribution is 2.31. The number of hydrogen-bond donors (Lipinski definition) is 0. The van der Waals surface area contributed by atoms with Crippen LogP contribution in [0.5, 0.6) is 0 Å². The van der Waals surface area contributed by atoms with Gasteiger partial charge in [0.2, 0.25) is 0 Å². The zero-order chi connectivity index (χ0) is 21.1. The zero-order valence-corrected chi connectivity index (χ0v) is 19.2. The SMILES string of the molecule is CC(C)CCC(C)COC(=O)C1CCC(C(=O)OCC(C)CCC(C)C)CC1. The zero-order valence-electron chi connectivity index (χ0n) is 19.2. The standard InChI is InChI=1S/C24H44O4/c1-17(2)7-9-19(5)15-27-23(25)21-11-13-22(14-12-21)24(26)28-16-20(6)10-8-18(3)4/h17-22H,7-16H2,1-6H3. The average Bonchev–Trinajstić information content (AvgIpc) is 2.66. The molecule has 0 heterocycles. The van der Waals surface area contributed by atoms with E-state index in [1.165, 1.54) is 12.8 Å². The van der Waals surface area contributed by atoms with Crippen molar-refractivity contribution in [1.29, 1.82) is 0 Å². The van der Waals surface area contributed by atoms with Gasteiger partial charge in [-0.05, 0) is 62.2 Å². The van der Waals surface area contributed by atoms with Gasteiger partial charge in [0.05, 0.1) is 25.0 Å². The fraction of sp³-hybridized carbons (Fsp3) is 0.917. The van der Waals surface area contributed by atoms with Crippen molar-refractivity contribution in [2.24, 2.45) is 35.5 Å². The summed E-state index contributed by atoms with van der Waals surface area (Å²) in [5.74, 6) is 1.94. The van der Waals surface area contributed by atoms with Crippen molar-refractivity contribution in [3.8, 4) is 0 Å². The van der Waals surface area contributed by atoms with Crippen molar-refractivity contribution in [3.63, 3.8) is 0 Å². The fourth-order valence-electron chi connectivity index (χ4n) is 3.65. The lowest BCUT2D eigenvalue weighted by Crippen LogP contribution is -2.29. The van der Waals surface area contributed by atoms with E-state index < -0.39 is 0 Å². The number of carbonyl (C=O) groups is 2. The van der Waals surface area contributed by atoms with Crippen molar-refractivity contribution in [2.45, 2.75) is 92.9 Å². The maximum Gasteiger partial charge on any atom is 0.308 e. The van der Waals surface area contributed by atoms with Crippen LogP contribution in [0.15, 0.2) is 0 Å². The normalized spacial score (nSPS) is 22.1. The van der Waals surface area contributed by atoms with Crippen LogP contribution in [0.2, 0.25) is 0 Å². The maximum atomic E-state index is 12.3. The first-order valence-corrected chi connectivity index (χ1v) is 11.5. The van der Waals surface area contributed by atoms with Crippen LogP contribution >= 0.6 is 0 Å². The van der Waals surface area contributed by atoms with Gasteiger partial charge >= 0.3 is 11.9 Å². The molecule has 0 aliphatic heterocycles. The lowest BCUT2D eigenvalue weighted by molar-refractivity contribution is -0.156. The molecule has 1 rings (SSSR count). The van der Waals surface area contributed by atoms with E-state index in [1.54, 1.807) is 0 Å². The predicted octanol–water partition coefficient (Wildman–Crippen LogP) is 6.02. The largest absolute Gasteiger partial charge is 0.465 e. The van der Waals surface area contributed by atoms with Crippen LogP contribution in [0.1, 0.15) is 92.9 Å². The van der Waals surface area contributed by atoms with E-state index in [1.807, 2.05) is 0 Å². The first-order chi connectivity index (χ1) is 13.2. The van der Waals surface area contributed by atoms with Crippen LogP contribution in [0.25, 0.3) is 0 Å². The first-order valence-electron chi connectivity index (χ1n) is 11.5. The van der Waals surface area contributed by atoms with Crippen LogP contribution in [0.3, 0.4) is 0 Å². The molecule has 0 saturated heterocycles. The van der Waals surface area contributed by atoms with Gasteiger partial charge in [0.15, 0.2) is 0 Å². The van der Waals surface area contributed by atoms with E-state index in [0.717, 1.165) is 38.5 Å². The van der Waals surface area contributed by atoms with Crippen LogP contribution in [0.4, 0.5) is 0 Å². The summed E-state index contributed by atoms with van der Waals surface area (Å²) in [4.78, 5) is 24.6. The Bertz CT molecular complexity index is 408. The molecule has 0 N–H and O–H groups in total. The summed E-state index contributed by atoms with van der Waals surface area (Å²) < 4.78 is 11.1. The van der Waals surface area contributed by atoms with E-state index in [4.69, 9.17) is 9.47 Å². The molecule has 0 bridgehead atoms. The molecule has 1 aliphatic carbocycles. The summed E-state index contributed by atoms with van der Waals surface area (Å²) in [6, 6.07) is 0. The molecular formula is C24H44O4. The molecule has 0 amide bonds. The van der Waals surface area contributed by atoms with Crippen LogP contribution < -0.4 is 0 Å². The molecule has 1 saturated carbocycles. The molecule has 4 nitrogen and oxygen atoms in total. The number of hydrogen-bond acceptors (Lipinski definition) is 4. The van der Waals surface area contributed by atoms with Crippen LogP contribution in [-0.2, 0) is 19.1 Å². The van der Waals surface area contributed by atoms with E-state index in [9.17, 15) is 9.59 Å². The van der Waals surface area contributed by atoms with Gasteiger partial charge in [-0.3, -0.25) is 9.59 Å². The molecule has 0 radical (unpaired) electrons. The molecule has 0 aromatic heterocycles. The summed E-state index contributed by atoms with van der Waals surface area (Å²) >= 11 is 0. The van der Waals surface area contributed by atoms with Crippen molar-refractivity contribution < 1.29 is 19.1 Å². The predicted molar refractivity (Wildman–Crippen MR) is 114 cm³/mol. The lowest BCUT2D eigenvalue weighted by Gasteiger charge is -2.27. The molecule has 2 atom stereocenters. The molecule has 0 aromatic carbocycles. The Kier molecular flexibility index (Phi) is 11.8. The lowest BCUT2D eigenvalue weighted by atomic mass is 9.82. The summed E-state index contributed by atoms with van der Waals surface area (Å²) in [5.41, 5.74) is 0. The molecule has 4 heteroatoms. The van der Waals surface area contributed by atoms with Gasteiger partial charge in [-0.25, -0.2) is 0 Å². The van der Waals surface area contributed by atoms with Crippen molar-refractivity contribution >= 4 is 11.9 Å². The van der Waals surface area contributed by atoms with Gasteiger partial charge in [0, 0.05) is 0 Å². The molecule has 164 valence electrons. The smallest absolute Gasteiger partial charge is 0.308 e. The van der Waals surface area contributed by atoms with E-state index in [2.05, 4.69) is 41.5 Å². The minimum Gasteiger partial charge on any atom is -0.465 e. The van der Waals surface area contributed by atoms with Crippen molar-refractivity contribution in [1.82, 2.24) is 0 Å². The highest BCUT2D eigenvalue weighted by Gasteiger charge is 2.32. The quantitative estimate of drug-likeness (QED) is 0.378. The van der Waals surface area contributed by atoms with Gasteiger partial charge in [0.25, 0.3) is 0 Å². The van der Waals surface area contributed by atoms with E-state index >= 15 is 0 Å². The maximum absolute atomic E-state index is 12.3. The van der Waals surface area contributed by atoms with Gasteiger partial charge < -0.3 is 9.47 Å². The molecule has 1 fully saturated rings. The highest BCUT2D eigenvalue weighted by atomic mass is 16.5. The van der Waals surface area contributed by atoms with Crippen LogP contribution in [0, 0.1) is 35.5 Å². The Hall–Kier alpha value is -1.06. The third kappa shape index (κ3) is 10.5. The number of esters is 2. The van der Waals surface area contributed by atoms with Gasteiger partial charge in [-0.2, -0.15) is 0 Å². The second-order valence-electron chi connectivity index (χ2n) is 9.96. The third-order valence-corrected chi connectivity index (χ3v) is 5.89. The Morgan fingerprint density at radius 3 is 1.25 bits per heavy atom. The van der Waals surface area contributed by atoms with E-state index in [-0.39, 0.29) is 23.8 Å². The summed E-state index contributed by atoms with van der Waals surface area (Å²) in [6.07, 6.45) is 7.48. The average molecular weight is 397 g/mol. The number of carbonyl (C=O) groups excluding carboxylic acids is 2. The highest BCUT2D eigenvalue weighted by molar-refractivity contribution is 5.75. The number of ether oxygens (including phenoxy) is 2. The topological polar surface area (TPSA) is 52.6 Å². The molecular weight excluding hydrogens is 352 g/mol. The summed E-state index contributed by atoms with van der Waals surface area (Å²) in [5, 5.41) is 0. The van der Waals surface area contributed by atoms with Crippen molar-refractivity contribution in [3.05, 3.63) is 0 Å². The second kappa shape index (κ2) is 13.2. The molecule has 0 aromatic rings. The minimum absolute atomic E-state index is 0.0497. The Balaban J connectivity index is 2.22. The first kappa shape index (κ1) is 25.0. The Labute approximate surface area is 173 Å².